The summed E-state index contributed by atoms with van der Waals surface area (Å²) in [5.41, 5.74) is 4.66. The van der Waals surface area contributed by atoms with Gasteiger partial charge < -0.3 is 15.3 Å². The second kappa shape index (κ2) is 7.05. The van der Waals surface area contributed by atoms with Crippen molar-refractivity contribution in [2.24, 2.45) is 0 Å². The summed E-state index contributed by atoms with van der Waals surface area (Å²) in [7, 11) is 0. The lowest BCUT2D eigenvalue weighted by Gasteiger charge is -2.32. The van der Waals surface area contributed by atoms with Gasteiger partial charge in [0.05, 0.1) is 17.5 Å². The highest BCUT2D eigenvalue weighted by molar-refractivity contribution is 6.06. The Morgan fingerprint density at radius 1 is 1.12 bits per heavy atom. The molecule has 126 valence electrons. The number of amides is 1. The Bertz CT molecular complexity index is 734. The van der Waals surface area contributed by atoms with Gasteiger partial charge in [0.25, 0.3) is 5.91 Å². The number of rotatable bonds is 3. The van der Waals surface area contributed by atoms with Gasteiger partial charge in [0.1, 0.15) is 0 Å². The van der Waals surface area contributed by atoms with E-state index in [1.165, 1.54) is 0 Å². The average molecular weight is 324 g/mol. The highest BCUT2D eigenvalue weighted by Crippen LogP contribution is 2.29. The minimum atomic E-state index is -0.210. The van der Waals surface area contributed by atoms with Gasteiger partial charge in [-0.05, 0) is 50.5 Å². The number of carbonyl (C=O) groups excluding carboxylic acids is 1. The Morgan fingerprint density at radius 3 is 2.54 bits per heavy atom. The van der Waals surface area contributed by atoms with Crippen molar-refractivity contribution in [2.45, 2.75) is 32.8 Å². The number of benzene rings is 2. The van der Waals surface area contributed by atoms with E-state index in [9.17, 15) is 9.90 Å². The van der Waals surface area contributed by atoms with Gasteiger partial charge >= 0.3 is 0 Å². The standard InChI is InChI=1S/C20H24N2O2/c1-14-7-8-17(15(2)13-14)20(24)21-18-5-3-4-6-19(18)22-11-9-16(23)10-12-22/h3-8,13,16,23H,9-12H2,1-2H3,(H,21,24). The minimum absolute atomic E-state index is 0.0861. The molecule has 4 heteroatoms. The molecule has 24 heavy (non-hydrogen) atoms. The van der Waals surface area contributed by atoms with Crippen LogP contribution in [0.3, 0.4) is 0 Å². The normalized spacial score (nSPS) is 15.4. The molecular formula is C20H24N2O2. The molecule has 3 rings (SSSR count). The zero-order valence-electron chi connectivity index (χ0n) is 14.2. The number of anilines is 2. The van der Waals surface area contributed by atoms with E-state index in [0.717, 1.165) is 48.4 Å². The van der Waals surface area contributed by atoms with Gasteiger partial charge in [-0.15, -0.1) is 0 Å². The van der Waals surface area contributed by atoms with Crippen LogP contribution in [0.2, 0.25) is 0 Å². The first-order chi connectivity index (χ1) is 11.5. The number of aliphatic hydroxyl groups excluding tert-OH is 1. The maximum Gasteiger partial charge on any atom is 0.255 e. The summed E-state index contributed by atoms with van der Waals surface area (Å²) in [5, 5.41) is 12.7. The van der Waals surface area contributed by atoms with Gasteiger partial charge in [0.15, 0.2) is 0 Å². The third-order valence-corrected chi connectivity index (χ3v) is 4.58. The van der Waals surface area contributed by atoms with Gasteiger partial charge in [-0.3, -0.25) is 4.79 Å². The molecular weight excluding hydrogens is 300 g/mol. The summed E-state index contributed by atoms with van der Waals surface area (Å²) >= 11 is 0. The molecule has 0 atom stereocenters. The number of aryl methyl sites for hydroxylation is 2. The van der Waals surface area contributed by atoms with Crippen molar-refractivity contribution in [3.05, 3.63) is 59.2 Å². The molecule has 0 bridgehead atoms. The maximum absolute atomic E-state index is 12.7. The van der Waals surface area contributed by atoms with Crippen LogP contribution in [0.4, 0.5) is 11.4 Å². The highest BCUT2D eigenvalue weighted by Gasteiger charge is 2.20. The monoisotopic (exact) mass is 324 g/mol. The number of piperidine rings is 1. The SMILES string of the molecule is Cc1ccc(C(=O)Nc2ccccc2N2CCC(O)CC2)c(C)c1. The molecule has 2 N–H and O–H groups in total. The van der Waals surface area contributed by atoms with Crippen LogP contribution >= 0.6 is 0 Å². The Hall–Kier alpha value is -2.33. The van der Waals surface area contributed by atoms with Crippen LogP contribution in [0.25, 0.3) is 0 Å². The van der Waals surface area contributed by atoms with Gasteiger partial charge in [-0.25, -0.2) is 0 Å². The van der Waals surface area contributed by atoms with Crippen LogP contribution < -0.4 is 10.2 Å². The average Bonchev–Trinajstić information content (AvgIpc) is 2.56. The molecule has 1 fully saturated rings. The first-order valence-electron chi connectivity index (χ1n) is 8.45. The zero-order chi connectivity index (χ0) is 17.1. The third kappa shape index (κ3) is 3.60. The number of nitrogens with zero attached hydrogens (tertiary/aromatic N) is 1. The molecule has 1 heterocycles. The van der Waals surface area contributed by atoms with Gasteiger partial charge in [0.2, 0.25) is 0 Å². The van der Waals surface area contributed by atoms with Crippen LogP contribution in [0.1, 0.15) is 34.3 Å². The topological polar surface area (TPSA) is 52.6 Å². The molecule has 1 amide bonds. The van der Waals surface area contributed by atoms with E-state index in [-0.39, 0.29) is 12.0 Å². The predicted octanol–water partition coefficient (Wildman–Crippen LogP) is 3.52. The van der Waals surface area contributed by atoms with Crippen LogP contribution in [0.15, 0.2) is 42.5 Å². The van der Waals surface area contributed by atoms with Crippen molar-refractivity contribution >= 4 is 17.3 Å². The molecule has 0 spiro atoms. The van der Waals surface area contributed by atoms with E-state index in [1.54, 1.807) is 0 Å². The first kappa shape index (κ1) is 16.5. The van der Waals surface area contributed by atoms with E-state index in [1.807, 2.05) is 56.3 Å². The third-order valence-electron chi connectivity index (χ3n) is 4.58. The van der Waals surface area contributed by atoms with Crippen molar-refractivity contribution in [2.75, 3.05) is 23.3 Å². The number of hydrogen-bond donors (Lipinski definition) is 2. The van der Waals surface area contributed by atoms with E-state index >= 15 is 0 Å². The fourth-order valence-corrected chi connectivity index (χ4v) is 3.22. The lowest BCUT2D eigenvalue weighted by atomic mass is 10.0. The summed E-state index contributed by atoms with van der Waals surface area (Å²) in [4.78, 5) is 14.9. The molecule has 2 aromatic rings. The van der Waals surface area contributed by atoms with E-state index < -0.39 is 0 Å². The van der Waals surface area contributed by atoms with Crippen molar-refractivity contribution in [3.63, 3.8) is 0 Å². The number of nitrogens with one attached hydrogen (secondary N) is 1. The van der Waals surface area contributed by atoms with Crippen LogP contribution in [-0.2, 0) is 0 Å². The van der Waals surface area contributed by atoms with Crippen LogP contribution in [0, 0.1) is 13.8 Å². The van der Waals surface area contributed by atoms with Gasteiger partial charge in [-0.2, -0.15) is 0 Å². The molecule has 1 aliphatic heterocycles. The van der Waals surface area contributed by atoms with E-state index in [2.05, 4.69) is 10.2 Å². The second-order valence-corrected chi connectivity index (χ2v) is 6.51. The molecule has 1 aliphatic rings. The molecule has 4 nitrogen and oxygen atoms in total. The molecule has 2 aromatic carbocycles. The summed E-state index contributed by atoms with van der Waals surface area (Å²) in [6, 6.07) is 13.7. The van der Waals surface area contributed by atoms with Gasteiger partial charge in [0, 0.05) is 18.7 Å². The fraction of sp³-hybridized carbons (Fsp3) is 0.350. The lowest BCUT2D eigenvalue weighted by molar-refractivity contribution is 0.102. The summed E-state index contributed by atoms with van der Waals surface area (Å²) in [6.07, 6.45) is 1.32. The van der Waals surface area contributed by atoms with Crippen LogP contribution in [-0.4, -0.2) is 30.2 Å². The molecule has 0 unspecified atom stereocenters. The quantitative estimate of drug-likeness (QED) is 0.908. The molecule has 0 aromatic heterocycles. The number of carbonyl (C=O) groups is 1. The fourth-order valence-electron chi connectivity index (χ4n) is 3.22. The number of para-hydroxylation sites is 2. The number of aliphatic hydroxyl groups is 1. The van der Waals surface area contributed by atoms with E-state index in [4.69, 9.17) is 0 Å². The second-order valence-electron chi connectivity index (χ2n) is 6.51. The molecule has 0 saturated carbocycles. The first-order valence-corrected chi connectivity index (χ1v) is 8.45. The van der Waals surface area contributed by atoms with Gasteiger partial charge in [-0.1, -0.05) is 29.8 Å². The van der Waals surface area contributed by atoms with Crippen molar-refractivity contribution in [3.8, 4) is 0 Å². The van der Waals surface area contributed by atoms with Crippen molar-refractivity contribution < 1.29 is 9.90 Å². The Labute approximate surface area is 143 Å². The summed E-state index contributed by atoms with van der Waals surface area (Å²) in [5.74, 6) is -0.0861. The maximum atomic E-state index is 12.7. The molecule has 1 saturated heterocycles. The Balaban J connectivity index is 1.81. The predicted molar refractivity (Wildman–Crippen MR) is 97.8 cm³/mol. The zero-order valence-corrected chi connectivity index (χ0v) is 14.2. The van der Waals surface area contributed by atoms with E-state index in [0.29, 0.717) is 5.56 Å². The lowest BCUT2D eigenvalue weighted by Crippen LogP contribution is -2.36. The number of hydrogen-bond acceptors (Lipinski definition) is 3. The Kier molecular flexibility index (Phi) is 4.86. The minimum Gasteiger partial charge on any atom is -0.393 e. The molecule has 0 radical (unpaired) electrons. The molecule has 0 aliphatic carbocycles. The Morgan fingerprint density at radius 2 is 1.83 bits per heavy atom. The van der Waals surface area contributed by atoms with Crippen LogP contribution in [0.5, 0.6) is 0 Å². The highest BCUT2D eigenvalue weighted by atomic mass is 16.3. The summed E-state index contributed by atoms with van der Waals surface area (Å²) < 4.78 is 0. The van der Waals surface area contributed by atoms with Crippen molar-refractivity contribution in [1.29, 1.82) is 0 Å². The summed E-state index contributed by atoms with van der Waals surface area (Å²) in [6.45, 7) is 5.59. The largest absolute Gasteiger partial charge is 0.393 e. The van der Waals surface area contributed by atoms with Crippen molar-refractivity contribution in [1.82, 2.24) is 0 Å². The smallest absolute Gasteiger partial charge is 0.255 e.